The normalized spacial score (nSPS) is 28.2. The first kappa shape index (κ1) is 25.8. The molecule has 3 aromatic carbocycles. The van der Waals surface area contributed by atoms with E-state index in [9.17, 15) is 4.79 Å². The molecule has 0 saturated heterocycles. The molecule has 4 aliphatic rings. The van der Waals surface area contributed by atoms with E-state index in [1.807, 2.05) is 50.2 Å². The zero-order valence-electron chi connectivity index (χ0n) is 22.5. The maximum absolute atomic E-state index is 13.1. The molecule has 4 saturated carbocycles. The molecule has 0 N–H and O–H groups in total. The van der Waals surface area contributed by atoms with E-state index in [4.69, 9.17) is 20.2 Å². The molecule has 0 radical (unpaired) electrons. The fourth-order valence-electron chi connectivity index (χ4n) is 7.62. The van der Waals surface area contributed by atoms with Gasteiger partial charge in [-0.1, -0.05) is 56.3 Å². The lowest BCUT2D eigenvalue weighted by Crippen LogP contribution is -2.58. The average molecular weight is 549 g/mol. The van der Waals surface area contributed by atoms with Gasteiger partial charge in [0.15, 0.2) is 6.61 Å². The molecule has 0 heterocycles. The van der Waals surface area contributed by atoms with Crippen LogP contribution < -0.4 is 4.74 Å². The van der Waals surface area contributed by atoms with Crippen LogP contribution in [0.3, 0.4) is 0 Å². The molecule has 4 bridgehead atoms. The van der Waals surface area contributed by atoms with Gasteiger partial charge in [-0.2, -0.15) is 0 Å². The molecule has 38 heavy (non-hydrogen) atoms. The fraction of sp³-hybridized carbons (Fsp3) is 0.424. The van der Waals surface area contributed by atoms with Crippen molar-refractivity contribution in [3.8, 4) is 5.75 Å². The lowest BCUT2D eigenvalue weighted by molar-refractivity contribution is -0.204. The Balaban J connectivity index is 1.22. The molecular weight excluding hydrogens is 512 g/mol. The molecule has 3 nitrogen and oxygen atoms in total. The number of halogens is 1. The van der Waals surface area contributed by atoms with Crippen molar-refractivity contribution in [1.82, 2.24) is 0 Å². The Morgan fingerprint density at radius 1 is 0.816 bits per heavy atom. The molecule has 4 aliphatic carbocycles. The Hall–Kier alpha value is -2.43. The largest absolute Gasteiger partial charge is 0.481 e. The van der Waals surface area contributed by atoms with Gasteiger partial charge in [0.1, 0.15) is 11.4 Å². The molecule has 0 atom stereocenters. The van der Waals surface area contributed by atoms with Crippen LogP contribution in [0.15, 0.2) is 87.5 Å². The summed E-state index contributed by atoms with van der Waals surface area (Å²) in [5.74, 6) is 3.16. The fourth-order valence-corrected chi connectivity index (χ4v) is 11.1. The van der Waals surface area contributed by atoms with Crippen LogP contribution in [-0.2, 0) is 9.53 Å². The highest BCUT2D eigenvalue weighted by Gasteiger charge is 2.57. The van der Waals surface area contributed by atoms with Gasteiger partial charge < -0.3 is 9.47 Å². The molecule has 200 valence electrons. The van der Waals surface area contributed by atoms with Crippen LogP contribution >= 0.6 is 19.9 Å². The highest BCUT2D eigenvalue weighted by Crippen LogP contribution is 2.72. The van der Waals surface area contributed by atoms with Gasteiger partial charge in [0.2, 0.25) is 0 Å². The summed E-state index contributed by atoms with van der Waals surface area (Å²) < 4.78 is 12.4. The standard InChI is InChI=1S/C33H37ClO3S/c1-22-14-30(38(34,28-10-6-4-7-11-28)29-12-8-5-9-13-29)15-23(2)32(22)36-21-31(35)37-33(3)26-17-24-16-25(19-26)20-27(33)18-24/h4-15,24-27H,16-21H2,1-3H3. The Morgan fingerprint density at radius 2 is 1.29 bits per heavy atom. The minimum Gasteiger partial charge on any atom is -0.481 e. The average Bonchev–Trinajstić information content (AvgIpc) is 2.91. The maximum atomic E-state index is 13.1. The summed E-state index contributed by atoms with van der Waals surface area (Å²) in [6, 6.07) is 24.8. The minimum atomic E-state index is -1.98. The third-order valence-corrected chi connectivity index (χ3v) is 13.7. The van der Waals surface area contributed by atoms with Crippen molar-refractivity contribution in [1.29, 1.82) is 0 Å². The summed E-state index contributed by atoms with van der Waals surface area (Å²) in [5, 5.41) is 0. The quantitative estimate of drug-likeness (QED) is 0.276. The number of benzene rings is 3. The van der Waals surface area contributed by atoms with Crippen LogP contribution in [0.2, 0.25) is 0 Å². The number of hydrogen-bond donors (Lipinski definition) is 0. The van der Waals surface area contributed by atoms with Crippen molar-refractivity contribution in [2.45, 2.75) is 73.2 Å². The van der Waals surface area contributed by atoms with Gasteiger partial charge in [-0.25, -0.2) is 4.79 Å². The van der Waals surface area contributed by atoms with Gasteiger partial charge >= 0.3 is 5.97 Å². The predicted octanol–water partition coefficient (Wildman–Crippen LogP) is 8.88. The molecule has 4 fully saturated rings. The molecule has 0 aliphatic heterocycles. The first-order chi connectivity index (χ1) is 18.3. The summed E-state index contributed by atoms with van der Waals surface area (Å²) in [5.41, 5.74) is 1.60. The van der Waals surface area contributed by atoms with Gasteiger partial charge in [-0.15, -0.1) is 0 Å². The van der Waals surface area contributed by atoms with E-state index in [0.717, 1.165) is 43.4 Å². The Morgan fingerprint density at radius 3 is 1.76 bits per heavy atom. The van der Waals surface area contributed by atoms with E-state index in [0.29, 0.717) is 11.8 Å². The number of carbonyl (C=O) groups excluding carboxylic acids is 1. The van der Waals surface area contributed by atoms with E-state index in [1.54, 1.807) is 0 Å². The summed E-state index contributed by atoms with van der Waals surface area (Å²) >= 11 is 0. The van der Waals surface area contributed by atoms with Crippen LogP contribution in [0.4, 0.5) is 0 Å². The van der Waals surface area contributed by atoms with E-state index in [2.05, 4.69) is 43.3 Å². The van der Waals surface area contributed by atoms with Crippen molar-refractivity contribution < 1.29 is 14.3 Å². The van der Waals surface area contributed by atoms with Gasteiger partial charge in [0, 0.05) is 14.7 Å². The Labute approximate surface area is 232 Å². The molecule has 0 unspecified atom stereocenters. The van der Waals surface area contributed by atoms with Gasteiger partial charge in [-0.3, -0.25) is 0 Å². The second-order valence-electron chi connectivity index (χ2n) is 11.8. The molecule has 0 amide bonds. The van der Waals surface area contributed by atoms with Crippen molar-refractivity contribution in [3.05, 3.63) is 83.9 Å². The number of ether oxygens (including phenoxy) is 2. The van der Waals surface area contributed by atoms with Crippen molar-refractivity contribution in [3.63, 3.8) is 0 Å². The number of esters is 1. The first-order valence-electron chi connectivity index (χ1n) is 13.9. The second-order valence-corrected chi connectivity index (χ2v) is 15.7. The first-order valence-corrected chi connectivity index (χ1v) is 16.3. The van der Waals surface area contributed by atoms with Crippen LogP contribution in [-0.4, -0.2) is 18.2 Å². The molecule has 0 aromatic heterocycles. The lowest BCUT2D eigenvalue weighted by Gasteiger charge is -2.59. The van der Waals surface area contributed by atoms with Crippen molar-refractivity contribution in [2.75, 3.05) is 6.61 Å². The number of hydrogen-bond acceptors (Lipinski definition) is 3. The van der Waals surface area contributed by atoms with E-state index < -0.39 is 9.24 Å². The summed E-state index contributed by atoms with van der Waals surface area (Å²) in [6.07, 6.45) is 6.23. The Bertz CT molecular complexity index is 1230. The van der Waals surface area contributed by atoms with Crippen LogP contribution in [0, 0.1) is 37.5 Å². The predicted molar refractivity (Wildman–Crippen MR) is 154 cm³/mol. The zero-order valence-corrected chi connectivity index (χ0v) is 24.1. The monoisotopic (exact) mass is 548 g/mol. The van der Waals surface area contributed by atoms with Crippen LogP contribution in [0.5, 0.6) is 5.75 Å². The lowest BCUT2D eigenvalue weighted by atomic mass is 9.50. The number of carbonyl (C=O) groups is 1. The molecule has 0 spiro atoms. The van der Waals surface area contributed by atoms with Crippen molar-refractivity contribution in [2.24, 2.45) is 23.7 Å². The summed E-state index contributed by atoms with van der Waals surface area (Å²) in [6.45, 7) is 6.17. The van der Waals surface area contributed by atoms with E-state index in [1.165, 1.54) is 32.1 Å². The summed E-state index contributed by atoms with van der Waals surface area (Å²) in [4.78, 5) is 16.3. The third-order valence-electron chi connectivity index (χ3n) is 9.32. The maximum Gasteiger partial charge on any atom is 0.344 e. The second kappa shape index (κ2) is 9.95. The SMILES string of the molecule is Cc1cc(S(Cl)(c2ccccc2)c2ccccc2)cc(C)c1OCC(=O)OC1(C)C2CC3CC(C2)CC1C3. The van der Waals surface area contributed by atoms with Gasteiger partial charge in [0.05, 0.1) is 0 Å². The topological polar surface area (TPSA) is 35.5 Å². The van der Waals surface area contributed by atoms with E-state index in [-0.39, 0.29) is 18.2 Å². The summed E-state index contributed by atoms with van der Waals surface area (Å²) in [7, 11) is 5.61. The van der Waals surface area contributed by atoms with Crippen molar-refractivity contribution >= 4 is 25.9 Å². The highest BCUT2D eigenvalue weighted by molar-refractivity contribution is 8.51. The number of aryl methyl sites for hydroxylation is 2. The smallest absolute Gasteiger partial charge is 0.344 e. The zero-order chi connectivity index (χ0) is 26.5. The highest BCUT2D eigenvalue weighted by atomic mass is 35.7. The molecule has 3 aromatic rings. The number of rotatable bonds is 7. The molecule has 5 heteroatoms. The van der Waals surface area contributed by atoms with E-state index >= 15 is 0 Å². The minimum absolute atomic E-state index is 0.0703. The molecular formula is C33H37ClO3S. The van der Waals surface area contributed by atoms with Gasteiger partial charge in [-0.05, 0) is 124 Å². The Kier molecular flexibility index (Phi) is 6.76. The van der Waals surface area contributed by atoms with Crippen LogP contribution in [0.1, 0.15) is 50.2 Å². The third kappa shape index (κ3) is 4.44. The van der Waals surface area contributed by atoms with Gasteiger partial charge in [0.25, 0.3) is 0 Å². The molecule has 7 rings (SSSR count). The van der Waals surface area contributed by atoms with Crippen LogP contribution in [0.25, 0.3) is 0 Å².